The maximum Gasteiger partial charge on any atom is 0.240 e. The van der Waals surface area contributed by atoms with Crippen molar-refractivity contribution < 1.29 is 9.59 Å². The summed E-state index contributed by atoms with van der Waals surface area (Å²) in [6, 6.07) is 9.11. The summed E-state index contributed by atoms with van der Waals surface area (Å²) in [6.45, 7) is 3.63. The molecule has 0 unspecified atom stereocenters. The minimum Gasteiger partial charge on any atom is -0.274 e. The molecule has 0 aliphatic carbocycles. The molecule has 1 aliphatic heterocycles. The summed E-state index contributed by atoms with van der Waals surface area (Å²) in [5, 5.41) is 0.646. The van der Waals surface area contributed by atoms with E-state index in [1.54, 1.807) is 18.2 Å². The van der Waals surface area contributed by atoms with Crippen molar-refractivity contribution in [1.29, 1.82) is 0 Å². The molecule has 3 rings (SSSR count). The van der Waals surface area contributed by atoms with Gasteiger partial charge in [0.25, 0.3) is 0 Å². The van der Waals surface area contributed by atoms with Crippen LogP contribution in [-0.4, -0.2) is 21.8 Å². The van der Waals surface area contributed by atoms with E-state index in [0.717, 1.165) is 21.9 Å². The van der Waals surface area contributed by atoms with Gasteiger partial charge in [0.15, 0.2) is 0 Å². The van der Waals surface area contributed by atoms with Gasteiger partial charge in [-0.25, -0.2) is 14.9 Å². The molecule has 5 nitrogen and oxygen atoms in total. The highest BCUT2D eigenvalue weighted by molar-refractivity contribution is 6.30. The van der Waals surface area contributed by atoms with Crippen LogP contribution in [-0.2, 0) is 16.0 Å². The number of aromatic nitrogens is 2. The minimum absolute atomic E-state index is 0.177. The maximum atomic E-state index is 12.6. The van der Waals surface area contributed by atoms with Gasteiger partial charge in [0.1, 0.15) is 0 Å². The number of nitrogens with zero attached hydrogens (tertiary/aromatic N) is 3. The molecule has 0 bridgehead atoms. The van der Waals surface area contributed by atoms with Crippen molar-refractivity contribution in [1.82, 2.24) is 9.97 Å². The van der Waals surface area contributed by atoms with Gasteiger partial charge in [-0.3, -0.25) is 9.59 Å². The van der Waals surface area contributed by atoms with Crippen LogP contribution in [0.4, 0.5) is 5.95 Å². The Kier molecular flexibility index (Phi) is 4.13. The van der Waals surface area contributed by atoms with Gasteiger partial charge in [0, 0.05) is 22.8 Å². The Bertz CT molecular complexity index is 754. The Morgan fingerprint density at radius 3 is 2.35 bits per heavy atom. The predicted molar refractivity (Wildman–Crippen MR) is 87.3 cm³/mol. The van der Waals surface area contributed by atoms with Crippen LogP contribution in [0.25, 0.3) is 0 Å². The first-order valence-electron chi connectivity index (χ1n) is 7.37. The highest BCUT2D eigenvalue weighted by atomic mass is 35.5. The van der Waals surface area contributed by atoms with Crippen molar-refractivity contribution in [2.45, 2.75) is 26.7 Å². The maximum absolute atomic E-state index is 12.6. The van der Waals surface area contributed by atoms with Gasteiger partial charge in [-0.1, -0.05) is 23.7 Å². The van der Waals surface area contributed by atoms with Gasteiger partial charge in [-0.15, -0.1) is 0 Å². The fourth-order valence-electron chi connectivity index (χ4n) is 2.78. The van der Waals surface area contributed by atoms with Gasteiger partial charge < -0.3 is 0 Å². The summed E-state index contributed by atoms with van der Waals surface area (Å²) in [7, 11) is 0. The number of amides is 2. The zero-order chi connectivity index (χ0) is 16.6. The van der Waals surface area contributed by atoms with E-state index >= 15 is 0 Å². The molecule has 2 heterocycles. The largest absolute Gasteiger partial charge is 0.274 e. The Morgan fingerprint density at radius 2 is 1.74 bits per heavy atom. The van der Waals surface area contributed by atoms with E-state index in [9.17, 15) is 9.59 Å². The van der Waals surface area contributed by atoms with Crippen molar-refractivity contribution in [3.05, 3.63) is 52.3 Å². The molecule has 0 N–H and O–H groups in total. The van der Waals surface area contributed by atoms with E-state index in [2.05, 4.69) is 9.97 Å². The first-order chi connectivity index (χ1) is 10.9. The number of benzene rings is 1. The third kappa shape index (κ3) is 3.24. The molecule has 2 amide bonds. The number of hydrogen-bond donors (Lipinski definition) is 0. The van der Waals surface area contributed by atoms with Crippen LogP contribution in [0, 0.1) is 19.8 Å². The second-order valence-electron chi connectivity index (χ2n) is 5.75. The first-order valence-corrected chi connectivity index (χ1v) is 7.75. The lowest BCUT2D eigenvalue weighted by molar-refractivity contribution is -0.122. The lowest BCUT2D eigenvalue weighted by atomic mass is 9.98. The SMILES string of the molecule is Cc1cc(C)nc(N2C(=O)C[C@H](Cc3ccc(Cl)cc3)C2=O)n1. The molecule has 6 heteroatoms. The van der Waals surface area contributed by atoms with E-state index in [1.807, 2.05) is 26.0 Å². The average molecular weight is 330 g/mol. The molecule has 2 aromatic rings. The normalized spacial score (nSPS) is 17.9. The van der Waals surface area contributed by atoms with E-state index in [0.29, 0.717) is 11.4 Å². The van der Waals surface area contributed by atoms with E-state index in [1.165, 1.54) is 0 Å². The third-order valence-corrected chi connectivity index (χ3v) is 4.06. The predicted octanol–water partition coefficient (Wildman–Crippen LogP) is 2.87. The number of rotatable bonds is 3. The Labute approximate surface area is 139 Å². The van der Waals surface area contributed by atoms with E-state index in [4.69, 9.17) is 11.6 Å². The summed E-state index contributed by atoms with van der Waals surface area (Å²) in [4.78, 5) is 34.4. The monoisotopic (exact) mass is 329 g/mol. The number of hydrogen-bond acceptors (Lipinski definition) is 4. The van der Waals surface area contributed by atoms with Crippen molar-refractivity contribution >= 4 is 29.4 Å². The number of imide groups is 1. The molecule has 1 aromatic heterocycles. The third-order valence-electron chi connectivity index (χ3n) is 3.81. The Morgan fingerprint density at radius 1 is 1.13 bits per heavy atom. The van der Waals surface area contributed by atoms with Crippen molar-refractivity contribution in [3.63, 3.8) is 0 Å². The first kappa shape index (κ1) is 15.6. The second kappa shape index (κ2) is 6.08. The van der Waals surface area contributed by atoms with Crippen LogP contribution in [0.3, 0.4) is 0 Å². The van der Waals surface area contributed by atoms with Crippen molar-refractivity contribution in [2.75, 3.05) is 4.90 Å². The fourth-order valence-corrected chi connectivity index (χ4v) is 2.90. The molecule has 1 fully saturated rings. The highest BCUT2D eigenvalue weighted by Gasteiger charge is 2.40. The number of carbonyl (C=O) groups excluding carboxylic acids is 2. The van der Waals surface area contributed by atoms with E-state index < -0.39 is 0 Å². The average Bonchev–Trinajstić information content (AvgIpc) is 2.75. The number of aryl methyl sites for hydroxylation is 2. The Hall–Kier alpha value is -2.27. The quantitative estimate of drug-likeness (QED) is 0.812. The highest BCUT2D eigenvalue weighted by Crippen LogP contribution is 2.27. The van der Waals surface area contributed by atoms with Gasteiger partial charge in [-0.05, 0) is 44.0 Å². The zero-order valence-electron chi connectivity index (χ0n) is 12.9. The van der Waals surface area contributed by atoms with Gasteiger partial charge in [0.05, 0.1) is 5.92 Å². The number of carbonyl (C=O) groups is 2. The van der Waals surface area contributed by atoms with Crippen molar-refractivity contribution in [3.8, 4) is 0 Å². The minimum atomic E-state index is -0.381. The molecule has 118 valence electrons. The van der Waals surface area contributed by atoms with Gasteiger partial charge in [-0.2, -0.15) is 0 Å². The second-order valence-corrected chi connectivity index (χ2v) is 6.19. The fraction of sp³-hybridized carbons (Fsp3) is 0.294. The standard InChI is InChI=1S/C17H16ClN3O2/c1-10-7-11(2)20-17(19-10)21-15(22)9-13(16(21)23)8-12-3-5-14(18)6-4-12/h3-7,13H,8-9H2,1-2H3/t13-/m0/s1. The molecule has 1 atom stereocenters. The van der Waals surface area contributed by atoms with Crippen LogP contribution >= 0.6 is 11.6 Å². The summed E-state index contributed by atoms with van der Waals surface area (Å²) >= 11 is 5.87. The molecule has 0 radical (unpaired) electrons. The van der Waals surface area contributed by atoms with Crippen LogP contribution < -0.4 is 4.90 Å². The van der Waals surface area contributed by atoms with Crippen LogP contribution in [0.5, 0.6) is 0 Å². The van der Waals surface area contributed by atoms with Crippen molar-refractivity contribution in [2.24, 2.45) is 5.92 Å². The van der Waals surface area contributed by atoms with Crippen LogP contribution in [0.1, 0.15) is 23.4 Å². The van der Waals surface area contributed by atoms with Gasteiger partial charge >= 0.3 is 0 Å². The lowest BCUT2D eigenvalue weighted by Gasteiger charge is -2.14. The topological polar surface area (TPSA) is 63.2 Å². The molecule has 1 aliphatic rings. The Balaban J connectivity index is 1.83. The molecule has 0 saturated carbocycles. The summed E-state index contributed by atoms with van der Waals surface area (Å²) < 4.78 is 0. The summed E-state index contributed by atoms with van der Waals surface area (Å²) in [5.74, 6) is -0.696. The van der Waals surface area contributed by atoms with Crippen LogP contribution in [0.15, 0.2) is 30.3 Å². The number of anilines is 1. The molecular weight excluding hydrogens is 314 g/mol. The molecule has 0 spiro atoms. The zero-order valence-corrected chi connectivity index (χ0v) is 13.7. The lowest BCUT2D eigenvalue weighted by Crippen LogP contribution is -2.32. The van der Waals surface area contributed by atoms with Gasteiger partial charge in [0.2, 0.25) is 17.8 Å². The summed E-state index contributed by atoms with van der Waals surface area (Å²) in [6.07, 6.45) is 0.681. The molecule has 1 aromatic carbocycles. The smallest absolute Gasteiger partial charge is 0.240 e. The number of halogens is 1. The van der Waals surface area contributed by atoms with Crippen LogP contribution in [0.2, 0.25) is 5.02 Å². The molecule has 23 heavy (non-hydrogen) atoms. The summed E-state index contributed by atoms with van der Waals surface area (Å²) in [5.41, 5.74) is 2.44. The van der Waals surface area contributed by atoms with E-state index in [-0.39, 0.29) is 30.1 Å². The molecule has 1 saturated heterocycles. The molecular formula is C17H16ClN3O2.